The molecule has 0 aromatic carbocycles. The Morgan fingerprint density at radius 3 is 2.76 bits per heavy atom. The average molecular weight is 237 g/mol. The van der Waals surface area contributed by atoms with E-state index in [1.807, 2.05) is 0 Å². The maximum atomic E-state index is 11.4. The predicted molar refractivity (Wildman–Crippen MR) is 59.0 cm³/mol. The van der Waals surface area contributed by atoms with Crippen molar-refractivity contribution in [1.82, 2.24) is 5.32 Å². The monoisotopic (exact) mass is 237 g/mol. The van der Waals surface area contributed by atoms with Gasteiger partial charge in [0.1, 0.15) is 0 Å². The van der Waals surface area contributed by atoms with Crippen LogP contribution in [-0.4, -0.2) is 22.8 Å². The van der Waals surface area contributed by atoms with Crippen LogP contribution in [0.15, 0.2) is 11.8 Å². The maximum Gasteiger partial charge on any atom is 0.303 e. The Kier molecular flexibility index (Phi) is 3.00. The lowest BCUT2D eigenvalue weighted by atomic mass is 9.68. The van der Waals surface area contributed by atoms with Gasteiger partial charge < -0.3 is 10.4 Å². The van der Waals surface area contributed by atoms with E-state index in [2.05, 4.69) is 5.32 Å². The number of fused-ring (bicyclic) bond motifs is 1. The first-order valence-corrected chi connectivity index (χ1v) is 5.78. The van der Waals surface area contributed by atoms with Crippen molar-refractivity contribution in [2.75, 3.05) is 0 Å². The second-order valence-electron chi connectivity index (χ2n) is 4.75. The lowest BCUT2D eigenvalue weighted by Gasteiger charge is -2.41. The van der Waals surface area contributed by atoms with E-state index < -0.39 is 5.97 Å². The molecule has 0 saturated carbocycles. The second kappa shape index (κ2) is 4.31. The summed E-state index contributed by atoms with van der Waals surface area (Å²) in [6.07, 6.45) is 4.17. The summed E-state index contributed by atoms with van der Waals surface area (Å²) in [5, 5.41) is 11.5. The van der Waals surface area contributed by atoms with Gasteiger partial charge in [0, 0.05) is 36.5 Å². The molecule has 92 valence electrons. The molecule has 0 spiro atoms. The Bertz CT molecular complexity index is 413. The third kappa shape index (κ3) is 2.38. The molecule has 1 saturated heterocycles. The van der Waals surface area contributed by atoms with Crippen LogP contribution in [0.1, 0.15) is 38.5 Å². The SMILES string of the molecule is O=C(O)CC[C@]12CCC(=O)C=C1NC(=O)CC2. The van der Waals surface area contributed by atoms with Crippen LogP contribution in [0.3, 0.4) is 0 Å². The average Bonchev–Trinajstić information content (AvgIpc) is 2.27. The molecule has 1 fully saturated rings. The number of rotatable bonds is 3. The number of nitrogens with one attached hydrogen (secondary N) is 1. The summed E-state index contributed by atoms with van der Waals surface area (Å²) in [6.45, 7) is 0. The first kappa shape index (κ1) is 11.8. The highest BCUT2D eigenvalue weighted by Gasteiger charge is 2.41. The molecule has 2 aliphatic rings. The summed E-state index contributed by atoms with van der Waals surface area (Å²) >= 11 is 0. The highest BCUT2D eigenvalue weighted by atomic mass is 16.4. The van der Waals surface area contributed by atoms with Crippen molar-refractivity contribution < 1.29 is 19.5 Å². The first-order valence-electron chi connectivity index (χ1n) is 5.78. The third-order valence-corrected chi connectivity index (χ3v) is 3.65. The smallest absolute Gasteiger partial charge is 0.303 e. The summed E-state index contributed by atoms with van der Waals surface area (Å²) in [6, 6.07) is 0. The molecule has 1 aliphatic heterocycles. The Morgan fingerprint density at radius 2 is 2.06 bits per heavy atom. The fourth-order valence-electron chi connectivity index (χ4n) is 2.61. The van der Waals surface area contributed by atoms with Crippen LogP contribution in [0.5, 0.6) is 0 Å². The maximum absolute atomic E-state index is 11.4. The van der Waals surface area contributed by atoms with E-state index in [1.54, 1.807) is 0 Å². The van der Waals surface area contributed by atoms with E-state index in [-0.39, 0.29) is 23.5 Å². The van der Waals surface area contributed by atoms with E-state index in [4.69, 9.17) is 5.11 Å². The summed E-state index contributed by atoms with van der Waals surface area (Å²) in [5.41, 5.74) is 0.325. The van der Waals surface area contributed by atoms with Crippen LogP contribution in [-0.2, 0) is 14.4 Å². The fourth-order valence-corrected chi connectivity index (χ4v) is 2.61. The van der Waals surface area contributed by atoms with Gasteiger partial charge in [-0.2, -0.15) is 0 Å². The zero-order chi connectivity index (χ0) is 12.5. The number of carbonyl (C=O) groups excluding carboxylic acids is 2. The predicted octanol–water partition coefficient (Wildman–Crippen LogP) is 0.994. The minimum absolute atomic E-state index is 0.00755. The van der Waals surface area contributed by atoms with E-state index in [9.17, 15) is 14.4 Å². The quantitative estimate of drug-likeness (QED) is 0.766. The molecule has 1 atom stereocenters. The van der Waals surface area contributed by atoms with Gasteiger partial charge in [-0.15, -0.1) is 0 Å². The lowest BCUT2D eigenvalue weighted by Crippen LogP contribution is -2.43. The van der Waals surface area contributed by atoms with Crippen molar-refractivity contribution in [2.24, 2.45) is 5.41 Å². The van der Waals surface area contributed by atoms with Gasteiger partial charge >= 0.3 is 5.97 Å². The van der Waals surface area contributed by atoms with Crippen LogP contribution < -0.4 is 5.32 Å². The van der Waals surface area contributed by atoms with Gasteiger partial charge in [-0.05, 0) is 19.3 Å². The van der Waals surface area contributed by atoms with Crippen molar-refractivity contribution >= 4 is 17.7 Å². The fraction of sp³-hybridized carbons (Fsp3) is 0.583. The number of ketones is 1. The number of aliphatic carboxylic acids is 1. The third-order valence-electron chi connectivity index (χ3n) is 3.65. The van der Waals surface area contributed by atoms with Crippen molar-refractivity contribution in [3.63, 3.8) is 0 Å². The summed E-state index contributed by atoms with van der Waals surface area (Å²) < 4.78 is 0. The van der Waals surface area contributed by atoms with Gasteiger partial charge in [-0.3, -0.25) is 14.4 Å². The Hall–Kier alpha value is -1.65. The number of carboxylic acid groups (broad SMARTS) is 1. The van der Waals surface area contributed by atoms with Crippen LogP contribution in [0, 0.1) is 5.41 Å². The van der Waals surface area contributed by atoms with Crippen molar-refractivity contribution in [1.29, 1.82) is 0 Å². The number of allylic oxidation sites excluding steroid dienone is 2. The molecular formula is C12H15NO4. The number of amides is 1. The molecule has 1 aliphatic carbocycles. The molecular weight excluding hydrogens is 222 g/mol. The molecule has 17 heavy (non-hydrogen) atoms. The van der Waals surface area contributed by atoms with E-state index in [0.29, 0.717) is 37.8 Å². The number of hydrogen-bond acceptors (Lipinski definition) is 3. The largest absolute Gasteiger partial charge is 0.481 e. The normalized spacial score (nSPS) is 28.1. The highest BCUT2D eigenvalue weighted by Crippen LogP contribution is 2.45. The van der Waals surface area contributed by atoms with Crippen LogP contribution >= 0.6 is 0 Å². The summed E-state index contributed by atoms with van der Waals surface area (Å²) in [4.78, 5) is 33.4. The van der Waals surface area contributed by atoms with Gasteiger partial charge in [0.2, 0.25) is 5.91 Å². The molecule has 0 unspecified atom stereocenters. The second-order valence-corrected chi connectivity index (χ2v) is 4.75. The number of carboxylic acids is 1. The molecule has 2 rings (SSSR count). The Morgan fingerprint density at radius 1 is 1.35 bits per heavy atom. The Balaban J connectivity index is 2.22. The molecule has 5 nitrogen and oxygen atoms in total. The molecule has 5 heteroatoms. The molecule has 0 aromatic rings. The molecule has 1 heterocycles. The van der Waals surface area contributed by atoms with Gasteiger partial charge in [-0.1, -0.05) is 0 Å². The minimum atomic E-state index is -0.840. The topological polar surface area (TPSA) is 83.5 Å². The van der Waals surface area contributed by atoms with Crippen LogP contribution in [0.25, 0.3) is 0 Å². The van der Waals surface area contributed by atoms with Crippen molar-refractivity contribution in [2.45, 2.75) is 38.5 Å². The van der Waals surface area contributed by atoms with Crippen molar-refractivity contribution in [3.05, 3.63) is 11.8 Å². The van der Waals surface area contributed by atoms with Crippen LogP contribution in [0.4, 0.5) is 0 Å². The zero-order valence-electron chi connectivity index (χ0n) is 9.49. The molecule has 0 radical (unpaired) electrons. The summed E-state index contributed by atoms with van der Waals surface area (Å²) in [5.74, 6) is -0.919. The first-order chi connectivity index (χ1) is 8.02. The van der Waals surface area contributed by atoms with Gasteiger partial charge in [-0.25, -0.2) is 0 Å². The van der Waals surface area contributed by atoms with Crippen LogP contribution in [0.2, 0.25) is 0 Å². The number of piperidine rings is 1. The molecule has 1 amide bonds. The van der Waals surface area contributed by atoms with Gasteiger partial charge in [0.15, 0.2) is 5.78 Å². The van der Waals surface area contributed by atoms with Crippen molar-refractivity contribution in [3.8, 4) is 0 Å². The van der Waals surface area contributed by atoms with E-state index >= 15 is 0 Å². The molecule has 2 N–H and O–H groups in total. The van der Waals surface area contributed by atoms with E-state index in [1.165, 1.54) is 6.08 Å². The minimum Gasteiger partial charge on any atom is -0.481 e. The molecule has 0 aromatic heterocycles. The standard InChI is InChI=1S/C12H15NO4/c14-8-1-4-12(6-3-11(16)17)5-2-10(15)13-9(12)7-8/h7H,1-6H2,(H,13,15)(H,16,17)/t12-/m1/s1. The molecule has 0 bridgehead atoms. The Labute approximate surface area is 98.9 Å². The van der Waals surface area contributed by atoms with E-state index in [0.717, 1.165) is 0 Å². The highest BCUT2D eigenvalue weighted by molar-refractivity contribution is 5.93. The number of hydrogen-bond donors (Lipinski definition) is 2. The summed E-state index contributed by atoms with van der Waals surface area (Å²) in [7, 11) is 0. The number of carbonyl (C=O) groups is 3. The lowest BCUT2D eigenvalue weighted by molar-refractivity contribution is -0.137. The zero-order valence-corrected chi connectivity index (χ0v) is 9.49. The van der Waals surface area contributed by atoms with Gasteiger partial charge in [0.05, 0.1) is 0 Å². The van der Waals surface area contributed by atoms with Gasteiger partial charge in [0.25, 0.3) is 0 Å².